The summed E-state index contributed by atoms with van der Waals surface area (Å²) in [5.74, 6) is 0.144. The quantitative estimate of drug-likeness (QED) is 0.788. The number of rotatable bonds is 5. The van der Waals surface area contributed by atoms with Crippen molar-refractivity contribution < 1.29 is 4.79 Å². The van der Waals surface area contributed by atoms with E-state index >= 15 is 0 Å². The summed E-state index contributed by atoms with van der Waals surface area (Å²) >= 11 is 0. The zero-order valence-electron chi connectivity index (χ0n) is 9.57. The fraction of sp³-hybridized carbons (Fsp3) is 0.462. The van der Waals surface area contributed by atoms with E-state index in [-0.39, 0.29) is 11.9 Å². The molecular weight excluding hydrogens is 200 g/mol. The van der Waals surface area contributed by atoms with Crippen molar-refractivity contribution in [3.05, 3.63) is 35.9 Å². The van der Waals surface area contributed by atoms with E-state index in [2.05, 4.69) is 10.6 Å². The average molecular weight is 218 g/mol. The third kappa shape index (κ3) is 3.07. The number of carbonyl (C=O) groups is 1. The molecule has 1 aromatic carbocycles. The maximum Gasteiger partial charge on any atom is 0.222 e. The predicted octanol–water partition coefficient (Wildman–Crippen LogP) is 1.62. The Morgan fingerprint density at radius 2 is 2.06 bits per heavy atom. The smallest absolute Gasteiger partial charge is 0.222 e. The molecule has 0 heterocycles. The molecule has 2 rings (SSSR count). The highest BCUT2D eigenvalue weighted by atomic mass is 16.1. The monoisotopic (exact) mass is 218 g/mol. The molecule has 1 aliphatic carbocycles. The van der Waals surface area contributed by atoms with Crippen LogP contribution in [0.5, 0.6) is 0 Å². The van der Waals surface area contributed by atoms with Crippen molar-refractivity contribution in [1.29, 1.82) is 0 Å². The molecule has 3 nitrogen and oxygen atoms in total. The number of hydrogen-bond donors (Lipinski definition) is 2. The summed E-state index contributed by atoms with van der Waals surface area (Å²) in [4.78, 5) is 11.7. The Kier molecular flexibility index (Phi) is 3.57. The van der Waals surface area contributed by atoms with Gasteiger partial charge in [-0.15, -0.1) is 0 Å². The van der Waals surface area contributed by atoms with Gasteiger partial charge in [0.15, 0.2) is 0 Å². The van der Waals surface area contributed by atoms with Crippen LogP contribution in [-0.2, 0) is 4.79 Å². The SMILES string of the molecule is CN[C@H](CC(=O)NC1CC1)c1ccccc1. The summed E-state index contributed by atoms with van der Waals surface area (Å²) < 4.78 is 0. The molecule has 1 saturated carbocycles. The van der Waals surface area contributed by atoms with Crippen LogP contribution in [0.15, 0.2) is 30.3 Å². The van der Waals surface area contributed by atoms with Crippen molar-refractivity contribution in [3.63, 3.8) is 0 Å². The van der Waals surface area contributed by atoms with E-state index in [1.165, 1.54) is 0 Å². The molecule has 1 aromatic rings. The predicted molar refractivity (Wildman–Crippen MR) is 64.0 cm³/mol. The fourth-order valence-corrected chi connectivity index (χ4v) is 1.77. The molecule has 3 heteroatoms. The molecule has 2 N–H and O–H groups in total. The van der Waals surface area contributed by atoms with Crippen LogP contribution in [0.25, 0.3) is 0 Å². The van der Waals surface area contributed by atoms with Crippen molar-refractivity contribution in [2.45, 2.75) is 31.3 Å². The third-order valence-electron chi connectivity index (χ3n) is 2.88. The highest BCUT2D eigenvalue weighted by Gasteiger charge is 2.24. The molecule has 0 bridgehead atoms. The van der Waals surface area contributed by atoms with Crippen molar-refractivity contribution in [3.8, 4) is 0 Å². The molecule has 16 heavy (non-hydrogen) atoms. The van der Waals surface area contributed by atoms with Crippen LogP contribution in [0.4, 0.5) is 0 Å². The Labute approximate surface area is 96.2 Å². The molecule has 0 unspecified atom stereocenters. The largest absolute Gasteiger partial charge is 0.353 e. The molecule has 0 spiro atoms. The van der Waals surface area contributed by atoms with Gasteiger partial charge in [0, 0.05) is 18.5 Å². The molecular formula is C13H18N2O. The third-order valence-corrected chi connectivity index (χ3v) is 2.88. The summed E-state index contributed by atoms with van der Waals surface area (Å²) in [6.45, 7) is 0. The Morgan fingerprint density at radius 3 is 2.62 bits per heavy atom. The lowest BCUT2D eigenvalue weighted by molar-refractivity contribution is -0.121. The lowest BCUT2D eigenvalue weighted by atomic mass is 10.0. The molecule has 0 aromatic heterocycles. The van der Waals surface area contributed by atoms with E-state index in [0.717, 1.165) is 18.4 Å². The van der Waals surface area contributed by atoms with Crippen LogP contribution in [0, 0.1) is 0 Å². The minimum Gasteiger partial charge on any atom is -0.353 e. The molecule has 0 saturated heterocycles. The van der Waals surface area contributed by atoms with Crippen LogP contribution in [-0.4, -0.2) is 19.0 Å². The van der Waals surface area contributed by atoms with Crippen LogP contribution >= 0.6 is 0 Å². The van der Waals surface area contributed by atoms with Gasteiger partial charge >= 0.3 is 0 Å². The standard InChI is InChI=1S/C13H18N2O/c1-14-12(10-5-3-2-4-6-10)9-13(16)15-11-7-8-11/h2-6,11-12,14H,7-9H2,1H3,(H,15,16)/t12-/m1/s1. The van der Waals surface area contributed by atoms with Crippen LogP contribution < -0.4 is 10.6 Å². The highest BCUT2D eigenvalue weighted by molar-refractivity contribution is 5.77. The van der Waals surface area contributed by atoms with Crippen molar-refractivity contribution in [2.75, 3.05) is 7.05 Å². The molecule has 1 atom stereocenters. The van der Waals surface area contributed by atoms with Crippen LogP contribution in [0.1, 0.15) is 30.9 Å². The molecule has 1 fully saturated rings. The zero-order valence-corrected chi connectivity index (χ0v) is 9.57. The minimum absolute atomic E-state index is 0.111. The van der Waals surface area contributed by atoms with Gasteiger partial charge in [0.05, 0.1) is 0 Å². The molecule has 1 amide bonds. The van der Waals surface area contributed by atoms with Gasteiger partial charge < -0.3 is 10.6 Å². The summed E-state index contributed by atoms with van der Waals surface area (Å²) in [6, 6.07) is 10.6. The van der Waals surface area contributed by atoms with E-state index in [1.807, 2.05) is 37.4 Å². The minimum atomic E-state index is 0.111. The van der Waals surface area contributed by atoms with Gasteiger partial charge in [-0.1, -0.05) is 30.3 Å². The maximum atomic E-state index is 11.7. The highest BCUT2D eigenvalue weighted by Crippen LogP contribution is 2.20. The summed E-state index contributed by atoms with van der Waals surface area (Å²) in [7, 11) is 1.89. The van der Waals surface area contributed by atoms with Crippen molar-refractivity contribution >= 4 is 5.91 Å². The van der Waals surface area contributed by atoms with Crippen LogP contribution in [0.3, 0.4) is 0 Å². The molecule has 0 radical (unpaired) electrons. The number of nitrogens with one attached hydrogen (secondary N) is 2. The van der Waals surface area contributed by atoms with Gasteiger partial charge in [0.2, 0.25) is 5.91 Å². The van der Waals surface area contributed by atoms with E-state index in [0.29, 0.717) is 12.5 Å². The second kappa shape index (κ2) is 5.12. The van der Waals surface area contributed by atoms with Gasteiger partial charge in [0.25, 0.3) is 0 Å². The van der Waals surface area contributed by atoms with Gasteiger partial charge in [-0.25, -0.2) is 0 Å². The second-order valence-corrected chi connectivity index (χ2v) is 4.30. The first-order chi connectivity index (χ1) is 7.79. The molecule has 0 aliphatic heterocycles. The normalized spacial score (nSPS) is 16.8. The number of amides is 1. The summed E-state index contributed by atoms with van der Waals surface area (Å²) in [6.07, 6.45) is 2.79. The first kappa shape index (κ1) is 11.1. The Morgan fingerprint density at radius 1 is 1.38 bits per heavy atom. The molecule has 1 aliphatic rings. The van der Waals surface area contributed by atoms with E-state index < -0.39 is 0 Å². The lowest BCUT2D eigenvalue weighted by Gasteiger charge is -2.16. The fourth-order valence-electron chi connectivity index (χ4n) is 1.77. The first-order valence-electron chi connectivity index (χ1n) is 5.81. The van der Waals surface area contributed by atoms with Gasteiger partial charge in [-0.05, 0) is 25.5 Å². The maximum absolute atomic E-state index is 11.7. The van der Waals surface area contributed by atoms with Crippen molar-refractivity contribution in [2.24, 2.45) is 0 Å². The van der Waals surface area contributed by atoms with E-state index in [1.54, 1.807) is 0 Å². The second-order valence-electron chi connectivity index (χ2n) is 4.30. The lowest BCUT2D eigenvalue weighted by Crippen LogP contribution is -2.30. The van der Waals surface area contributed by atoms with Crippen LogP contribution in [0.2, 0.25) is 0 Å². The number of carbonyl (C=O) groups excluding carboxylic acids is 1. The topological polar surface area (TPSA) is 41.1 Å². The van der Waals surface area contributed by atoms with Crippen molar-refractivity contribution in [1.82, 2.24) is 10.6 Å². The van der Waals surface area contributed by atoms with Gasteiger partial charge in [0.1, 0.15) is 0 Å². The van der Waals surface area contributed by atoms with E-state index in [4.69, 9.17) is 0 Å². The zero-order chi connectivity index (χ0) is 11.4. The summed E-state index contributed by atoms with van der Waals surface area (Å²) in [5.41, 5.74) is 1.16. The Hall–Kier alpha value is -1.35. The van der Waals surface area contributed by atoms with E-state index in [9.17, 15) is 4.79 Å². The number of hydrogen-bond acceptors (Lipinski definition) is 2. The molecule has 86 valence electrons. The summed E-state index contributed by atoms with van der Waals surface area (Å²) in [5, 5.41) is 6.19. The first-order valence-corrected chi connectivity index (χ1v) is 5.81. The Balaban J connectivity index is 1.91. The van der Waals surface area contributed by atoms with Gasteiger partial charge in [-0.2, -0.15) is 0 Å². The average Bonchev–Trinajstić information content (AvgIpc) is 3.11. The Bertz CT molecular complexity index is 346. The number of benzene rings is 1. The van der Waals surface area contributed by atoms with Gasteiger partial charge in [-0.3, -0.25) is 4.79 Å².